The SMILES string of the molecule is O=C(COc1ccccc1)N/N=C/c1ccccc1-c1cc(C(F)(F)F)ccc1S(=O)(=O)O. The molecular weight excluding hydrogens is 461 g/mol. The van der Waals surface area contributed by atoms with E-state index >= 15 is 0 Å². The number of benzene rings is 3. The Hall–Kier alpha value is -3.70. The van der Waals surface area contributed by atoms with Gasteiger partial charge in [-0.3, -0.25) is 9.35 Å². The van der Waals surface area contributed by atoms with E-state index in [1.807, 2.05) is 0 Å². The molecule has 3 rings (SSSR count). The van der Waals surface area contributed by atoms with Gasteiger partial charge in [0.05, 0.1) is 11.8 Å². The lowest BCUT2D eigenvalue weighted by Gasteiger charge is -2.14. The maximum Gasteiger partial charge on any atom is 0.416 e. The zero-order valence-corrected chi connectivity index (χ0v) is 17.6. The average molecular weight is 478 g/mol. The summed E-state index contributed by atoms with van der Waals surface area (Å²) in [6, 6.07) is 16.3. The maximum atomic E-state index is 13.2. The minimum absolute atomic E-state index is 0.0507. The van der Waals surface area contributed by atoms with Crippen molar-refractivity contribution >= 4 is 22.2 Å². The van der Waals surface area contributed by atoms with Crippen LogP contribution < -0.4 is 10.2 Å². The van der Waals surface area contributed by atoms with Crippen LogP contribution in [-0.2, 0) is 21.1 Å². The van der Waals surface area contributed by atoms with Gasteiger partial charge < -0.3 is 4.74 Å². The smallest absolute Gasteiger partial charge is 0.416 e. The standard InChI is InChI=1S/C22H17F3N2O5S/c23-22(24,25)16-10-11-20(33(29,30)31)19(12-16)18-9-5-4-6-15(18)13-26-27-21(28)14-32-17-7-2-1-3-8-17/h1-13H,14H2,(H,27,28)(H,29,30,31)/b26-13+. The summed E-state index contributed by atoms with van der Waals surface area (Å²) in [6.07, 6.45) is -3.59. The number of ether oxygens (including phenoxy) is 1. The van der Waals surface area contributed by atoms with Crippen LogP contribution >= 0.6 is 0 Å². The number of hydrogen-bond acceptors (Lipinski definition) is 5. The summed E-state index contributed by atoms with van der Waals surface area (Å²) in [6.45, 7) is -0.330. The average Bonchev–Trinajstić information content (AvgIpc) is 2.77. The minimum Gasteiger partial charge on any atom is -0.484 e. The van der Waals surface area contributed by atoms with Crippen molar-refractivity contribution in [2.24, 2.45) is 5.10 Å². The molecule has 11 heteroatoms. The van der Waals surface area contributed by atoms with Crippen LogP contribution in [0.2, 0.25) is 0 Å². The summed E-state index contributed by atoms with van der Waals surface area (Å²) in [5.41, 5.74) is 1.01. The molecule has 0 unspecified atom stereocenters. The van der Waals surface area contributed by atoms with E-state index in [1.54, 1.807) is 36.4 Å². The van der Waals surface area contributed by atoms with Gasteiger partial charge in [-0.15, -0.1) is 0 Å². The number of carbonyl (C=O) groups is 1. The van der Waals surface area contributed by atoms with Crippen LogP contribution in [0.3, 0.4) is 0 Å². The zero-order chi connectivity index (χ0) is 24.1. The normalized spacial score (nSPS) is 12.0. The lowest BCUT2D eigenvalue weighted by atomic mass is 9.98. The number of hydrazone groups is 1. The molecule has 33 heavy (non-hydrogen) atoms. The van der Waals surface area contributed by atoms with E-state index in [1.165, 1.54) is 18.2 Å². The Bertz CT molecular complexity index is 1280. The molecule has 0 heterocycles. The van der Waals surface area contributed by atoms with Crippen LogP contribution in [0.4, 0.5) is 13.2 Å². The van der Waals surface area contributed by atoms with Crippen LogP contribution in [-0.4, -0.2) is 31.7 Å². The summed E-state index contributed by atoms with van der Waals surface area (Å²) in [4.78, 5) is 11.2. The number of para-hydroxylation sites is 1. The number of alkyl halides is 3. The second-order valence-electron chi connectivity index (χ2n) is 6.67. The molecule has 0 bridgehead atoms. The third kappa shape index (κ3) is 6.40. The Morgan fingerprint density at radius 2 is 1.67 bits per heavy atom. The molecule has 7 nitrogen and oxygen atoms in total. The molecule has 0 saturated heterocycles. The fourth-order valence-electron chi connectivity index (χ4n) is 2.87. The van der Waals surface area contributed by atoms with Gasteiger partial charge in [0.1, 0.15) is 10.6 Å². The van der Waals surface area contributed by atoms with Crippen molar-refractivity contribution in [3.05, 3.63) is 83.9 Å². The van der Waals surface area contributed by atoms with Crippen molar-refractivity contribution in [2.75, 3.05) is 6.61 Å². The van der Waals surface area contributed by atoms with E-state index in [0.29, 0.717) is 23.9 Å². The number of halogens is 3. The zero-order valence-electron chi connectivity index (χ0n) is 16.8. The quantitative estimate of drug-likeness (QED) is 0.302. The molecule has 0 spiro atoms. The molecule has 0 aliphatic heterocycles. The molecular formula is C22H17F3N2O5S. The molecule has 2 N–H and O–H groups in total. The van der Waals surface area contributed by atoms with Crippen molar-refractivity contribution in [3.63, 3.8) is 0 Å². The Morgan fingerprint density at radius 1 is 1.00 bits per heavy atom. The predicted octanol–water partition coefficient (Wildman–Crippen LogP) is 4.15. The first-order valence-corrected chi connectivity index (χ1v) is 10.8. The monoisotopic (exact) mass is 478 g/mol. The largest absolute Gasteiger partial charge is 0.484 e. The van der Waals surface area contributed by atoms with Crippen LogP contribution in [0.5, 0.6) is 5.75 Å². The van der Waals surface area contributed by atoms with E-state index in [-0.39, 0.29) is 23.3 Å². The molecule has 0 aliphatic rings. The van der Waals surface area contributed by atoms with Gasteiger partial charge in [0, 0.05) is 11.1 Å². The fraction of sp³-hybridized carbons (Fsp3) is 0.0909. The van der Waals surface area contributed by atoms with Crippen LogP contribution in [0, 0.1) is 0 Å². The molecule has 3 aromatic rings. The molecule has 0 radical (unpaired) electrons. The summed E-state index contributed by atoms with van der Waals surface area (Å²) in [7, 11) is -4.83. The molecule has 0 fully saturated rings. The third-order valence-corrected chi connectivity index (χ3v) is 5.25. The van der Waals surface area contributed by atoms with Gasteiger partial charge in [0.15, 0.2) is 6.61 Å². The van der Waals surface area contributed by atoms with Gasteiger partial charge in [0.25, 0.3) is 16.0 Å². The summed E-state index contributed by atoms with van der Waals surface area (Å²) in [5, 5.41) is 3.76. The van der Waals surface area contributed by atoms with Crippen molar-refractivity contribution < 1.29 is 35.7 Å². The minimum atomic E-state index is -4.83. The molecule has 0 saturated carbocycles. The maximum absolute atomic E-state index is 13.2. The van der Waals surface area contributed by atoms with Gasteiger partial charge in [-0.2, -0.15) is 26.7 Å². The number of rotatable bonds is 7. The van der Waals surface area contributed by atoms with Crippen LogP contribution in [0.15, 0.2) is 82.8 Å². The molecule has 0 aromatic heterocycles. The number of amides is 1. The molecule has 1 amide bonds. The predicted molar refractivity (Wildman–Crippen MR) is 114 cm³/mol. The van der Waals surface area contributed by atoms with Crippen molar-refractivity contribution in [2.45, 2.75) is 11.1 Å². The van der Waals surface area contributed by atoms with Gasteiger partial charge in [0.2, 0.25) is 0 Å². The number of carbonyl (C=O) groups excluding carboxylic acids is 1. The highest BCUT2D eigenvalue weighted by Gasteiger charge is 2.32. The molecule has 172 valence electrons. The van der Waals surface area contributed by atoms with Crippen LogP contribution in [0.25, 0.3) is 11.1 Å². The summed E-state index contributed by atoms with van der Waals surface area (Å²) < 4.78 is 77.9. The Kier molecular flexibility index (Phi) is 7.14. The Balaban J connectivity index is 1.86. The lowest BCUT2D eigenvalue weighted by molar-refractivity contribution is -0.137. The second-order valence-corrected chi connectivity index (χ2v) is 8.06. The summed E-state index contributed by atoms with van der Waals surface area (Å²) >= 11 is 0. The number of nitrogens with zero attached hydrogens (tertiary/aromatic N) is 1. The van der Waals surface area contributed by atoms with E-state index in [2.05, 4.69) is 10.5 Å². The first-order valence-electron chi connectivity index (χ1n) is 9.33. The lowest BCUT2D eigenvalue weighted by Crippen LogP contribution is -2.24. The number of hydrogen-bond donors (Lipinski definition) is 2. The van der Waals surface area contributed by atoms with Crippen LogP contribution in [0.1, 0.15) is 11.1 Å². The van der Waals surface area contributed by atoms with E-state index in [4.69, 9.17) is 4.74 Å². The topological polar surface area (TPSA) is 105 Å². The van der Waals surface area contributed by atoms with Gasteiger partial charge >= 0.3 is 6.18 Å². The highest BCUT2D eigenvalue weighted by atomic mass is 32.2. The van der Waals surface area contributed by atoms with Gasteiger partial charge in [-0.1, -0.05) is 42.5 Å². The first kappa shape index (κ1) is 24.0. The third-order valence-electron chi connectivity index (χ3n) is 4.34. The summed E-state index contributed by atoms with van der Waals surface area (Å²) in [5.74, 6) is -0.116. The van der Waals surface area contributed by atoms with E-state index in [9.17, 15) is 30.9 Å². The van der Waals surface area contributed by atoms with E-state index in [0.717, 1.165) is 6.21 Å². The fourth-order valence-corrected chi connectivity index (χ4v) is 3.56. The van der Waals surface area contributed by atoms with Gasteiger partial charge in [-0.25, -0.2) is 5.43 Å². The van der Waals surface area contributed by atoms with Crippen molar-refractivity contribution in [1.29, 1.82) is 0 Å². The Morgan fingerprint density at radius 3 is 2.33 bits per heavy atom. The Labute approximate surface area is 187 Å². The molecule has 0 atom stereocenters. The van der Waals surface area contributed by atoms with E-state index < -0.39 is 32.7 Å². The highest BCUT2D eigenvalue weighted by molar-refractivity contribution is 7.86. The molecule has 0 aliphatic carbocycles. The van der Waals surface area contributed by atoms with Crippen molar-refractivity contribution in [3.8, 4) is 16.9 Å². The first-order chi connectivity index (χ1) is 15.6. The highest BCUT2D eigenvalue weighted by Crippen LogP contribution is 2.36. The second kappa shape index (κ2) is 9.84. The number of nitrogens with one attached hydrogen (secondary N) is 1. The van der Waals surface area contributed by atoms with Gasteiger partial charge in [-0.05, 0) is 35.9 Å². The molecule has 3 aromatic carbocycles. The van der Waals surface area contributed by atoms with Crippen molar-refractivity contribution in [1.82, 2.24) is 5.43 Å².